The lowest BCUT2D eigenvalue weighted by atomic mass is 10.2. The Hall–Kier alpha value is -0.970. The predicted octanol–water partition coefficient (Wildman–Crippen LogP) is 1.96. The van der Waals surface area contributed by atoms with E-state index in [2.05, 4.69) is 20.9 Å². The molecule has 0 N–H and O–H groups in total. The summed E-state index contributed by atoms with van der Waals surface area (Å²) in [6.45, 7) is 0.756. The van der Waals surface area contributed by atoms with Gasteiger partial charge in [-0.2, -0.15) is 0 Å². The first-order valence-electron chi connectivity index (χ1n) is 5.17. The molecular weight excluding hydrogens is 275 g/mol. The Morgan fingerprint density at radius 2 is 2.44 bits per heavy atom. The van der Waals surface area contributed by atoms with E-state index in [0.29, 0.717) is 13.0 Å². The van der Waals surface area contributed by atoms with Crippen LogP contribution in [-0.2, 0) is 11.2 Å². The molecule has 3 nitrogen and oxygen atoms in total. The molecular formula is C11H12BrFN2O. The molecule has 5 heteroatoms. The van der Waals surface area contributed by atoms with Gasteiger partial charge in [0.1, 0.15) is 6.17 Å². The van der Waals surface area contributed by atoms with Gasteiger partial charge < -0.3 is 4.90 Å². The molecule has 0 unspecified atom stereocenters. The first-order valence-corrected chi connectivity index (χ1v) is 5.97. The van der Waals surface area contributed by atoms with Crippen LogP contribution in [0.3, 0.4) is 0 Å². The van der Waals surface area contributed by atoms with E-state index in [-0.39, 0.29) is 18.9 Å². The van der Waals surface area contributed by atoms with Gasteiger partial charge in [-0.25, -0.2) is 4.39 Å². The molecule has 1 aromatic heterocycles. The van der Waals surface area contributed by atoms with E-state index in [1.54, 1.807) is 17.2 Å². The molecule has 0 spiro atoms. The number of nitrogens with zero attached hydrogens (tertiary/aromatic N) is 2. The van der Waals surface area contributed by atoms with Crippen molar-refractivity contribution in [2.75, 3.05) is 13.1 Å². The molecule has 1 amide bonds. The van der Waals surface area contributed by atoms with Gasteiger partial charge >= 0.3 is 0 Å². The standard InChI is InChI=1S/C11H12BrFN2O/c12-8-1-2-10(14-6-8)5-11(16)15-4-3-9(13)7-15/h1-2,6,9H,3-5,7H2/t9-/m1/s1. The number of likely N-dealkylation sites (tertiary alicyclic amines) is 1. The number of pyridine rings is 1. The molecule has 86 valence electrons. The van der Waals surface area contributed by atoms with Gasteiger partial charge in [0.2, 0.25) is 5.91 Å². The monoisotopic (exact) mass is 286 g/mol. The predicted molar refractivity (Wildman–Crippen MR) is 61.7 cm³/mol. The lowest BCUT2D eigenvalue weighted by Crippen LogP contribution is -2.30. The van der Waals surface area contributed by atoms with Crippen molar-refractivity contribution in [3.8, 4) is 0 Å². The Morgan fingerprint density at radius 1 is 1.62 bits per heavy atom. The highest BCUT2D eigenvalue weighted by atomic mass is 79.9. The molecule has 16 heavy (non-hydrogen) atoms. The highest BCUT2D eigenvalue weighted by Crippen LogP contribution is 2.14. The number of carbonyl (C=O) groups excluding carboxylic acids is 1. The summed E-state index contributed by atoms with van der Waals surface area (Å²) in [7, 11) is 0. The van der Waals surface area contributed by atoms with Gasteiger partial charge in [0.15, 0.2) is 0 Å². The molecule has 1 aliphatic heterocycles. The summed E-state index contributed by atoms with van der Waals surface area (Å²) in [5, 5.41) is 0. The summed E-state index contributed by atoms with van der Waals surface area (Å²) < 4.78 is 13.8. The van der Waals surface area contributed by atoms with Crippen LogP contribution in [0, 0.1) is 0 Å². The van der Waals surface area contributed by atoms with Crippen LogP contribution in [0.4, 0.5) is 4.39 Å². The largest absolute Gasteiger partial charge is 0.339 e. The fourth-order valence-corrected chi connectivity index (χ4v) is 1.96. The summed E-state index contributed by atoms with van der Waals surface area (Å²) in [6.07, 6.45) is 1.51. The second-order valence-electron chi connectivity index (χ2n) is 3.87. The number of alkyl halides is 1. The number of carbonyl (C=O) groups is 1. The van der Waals surface area contributed by atoms with Crippen molar-refractivity contribution < 1.29 is 9.18 Å². The Kier molecular flexibility index (Phi) is 3.53. The van der Waals surface area contributed by atoms with Crippen LogP contribution < -0.4 is 0 Å². The average molecular weight is 287 g/mol. The van der Waals surface area contributed by atoms with Crippen LogP contribution in [-0.4, -0.2) is 35.1 Å². The maximum absolute atomic E-state index is 12.9. The van der Waals surface area contributed by atoms with Crippen molar-refractivity contribution in [2.45, 2.75) is 19.0 Å². The molecule has 1 aromatic rings. The van der Waals surface area contributed by atoms with E-state index < -0.39 is 6.17 Å². The van der Waals surface area contributed by atoms with Gasteiger partial charge in [-0.05, 0) is 34.5 Å². The number of rotatable bonds is 2. The zero-order valence-corrected chi connectivity index (χ0v) is 10.3. The fraction of sp³-hybridized carbons (Fsp3) is 0.455. The van der Waals surface area contributed by atoms with Crippen molar-refractivity contribution in [1.29, 1.82) is 0 Å². The van der Waals surface area contributed by atoms with Crippen molar-refractivity contribution in [2.24, 2.45) is 0 Å². The third-order valence-corrected chi connectivity index (χ3v) is 3.07. The molecule has 1 atom stereocenters. The third-order valence-electron chi connectivity index (χ3n) is 2.60. The third kappa shape index (κ3) is 2.78. The van der Waals surface area contributed by atoms with E-state index in [1.165, 1.54) is 0 Å². The maximum Gasteiger partial charge on any atom is 0.228 e. The number of aromatic nitrogens is 1. The lowest BCUT2D eigenvalue weighted by Gasteiger charge is -2.14. The van der Waals surface area contributed by atoms with Crippen LogP contribution >= 0.6 is 15.9 Å². The topological polar surface area (TPSA) is 33.2 Å². The lowest BCUT2D eigenvalue weighted by molar-refractivity contribution is -0.129. The number of hydrogen-bond donors (Lipinski definition) is 0. The highest BCUT2D eigenvalue weighted by Gasteiger charge is 2.25. The average Bonchev–Trinajstić information content (AvgIpc) is 2.68. The van der Waals surface area contributed by atoms with Crippen molar-refractivity contribution in [3.63, 3.8) is 0 Å². The molecule has 0 aromatic carbocycles. The highest BCUT2D eigenvalue weighted by molar-refractivity contribution is 9.10. The second-order valence-corrected chi connectivity index (χ2v) is 4.79. The minimum atomic E-state index is -0.859. The Balaban J connectivity index is 1.94. The maximum atomic E-state index is 12.9. The van der Waals surface area contributed by atoms with Gasteiger partial charge in [0, 0.05) is 22.9 Å². The van der Waals surface area contributed by atoms with Gasteiger partial charge in [-0.15, -0.1) is 0 Å². The van der Waals surface area contributed by atoms with Gasteiger partial charge in [-0.3, -0.25) is 9.78 Å². The first kappa shape index (κ1) is 11.5. The zero-order valence-electron chi connectivity index (χ0n) is 8.70. The number of hydrogen-bond acceptors (Lipinski definition) is 2. The first-order chi connectivity index (χ1) is 7.65. The van der Waals surface area contributed by atoms with E-state index >= 15 is 0 Å². The van der Waals surface area contributed by atoms with E-state index in [9.17, 15) is 9.18 Å². The molecule has 1 saturated heterocycles. The summed E-state index contributed by atoms with van der Waals surface area (Å²) in [5.41, 5.74) is 0.718. The zero-order chi connectivity index (χ0) is 11.5. The second kappa shape index (κ2) is 4.91. The van der Waals surface area contributed by atoms with Gasteiger partial charge in [0.25, 0.3) is 0 Å². The summed E-state index contributed by atoms with van der Waals surface area (Å²) in [4.78, 5) is 17.4. The fourth-order valence-electron chi connectivity index (χ4n) is 1.72. The van der Waals surface area contributed by atoms with E-state index in [1.807, 2.05) is 6.07 Å². The van der Waals surface area contributed by atoms with Crippen LogP contribution in [0.1, 0.15) is 12.1 Å². The van der Waals surface area contributed by atoms with Crippen LogP contribution in [0.5, 0.6) is 0 Å². The molecule has 1 aliphatic rings. The van der Waals surface area contributed by atoms with Crippen LogP contribution in [0.2, 0.25) is 0 Å². The molecule has 0 bridgehead atoms. The van der Waals surface area contributed by atoms with Crippen molar-refractivity contribution >= 4 is 21.8 Å². The Morgan fingerprint density at radius 3 is 3.00 bits per heavy atom. The van der Waals surface area contributed by atoms with Crippen LogP contribution in [0.25, 0.3) is 0 Å². The SMILES string of the molecule is O=C(Cc1ccc(Br)cn1)N1CC[C@@H](F)C1. The Labute approximate surface area is 102 Å². The molecule has 2 heterocycles. The molecule has 0 radical (unpaired) electrons. The van der Waals surface area contributed by atoms with E-state index in [0.717, 1.165) is 10.2 Å². The molecule has 2 rings (SSSR count). The van der Waals surface area contributed by atoms with Crippen molar-refractivity contribution in [1.82, 2.24) is 9.88 Å². The minimum absolute atomic E-state index is 0.0463. The van der Waals surface area contributed by atoms with Crippen LogP contribution in [0.15, 0.2) is 22.8 Å². The normalized spacial score (nSPS) is 20.1. The quantitative estimate of drug-likeness (QED) is 0.833. The minimum Gasteiger partial charge on any atom is -0.339 e. The molecule has 0 saturated carbocycles. The van der Waals surface area contributed by atoms with Crippen molar-refractivity contribution in [3.05, 3.63) is 28.5 Å². The summed E-state index contributed by atoms with van der Waals surface area (Å²) in [6, 6.07) is 3.64. The number of amides is 1. The molecule has 1 fully saturated rings. The number of halogens is 2. The van der Waals surface area contributed by atoms with Gasteiger partial charge in [0.05, 0.1) is 13.0 Å². The smallest absolute Gasteiger partial charge is 0.228 e. The summed E-state index contributed by atoms with van der Waals surface area (Å²) >= 11 is 3.28. The summed E-state index contributed by atoms with van der Waals surface area (Å²) in [5.74, 6) is -0.0463. The van der Waals surface area contributed by atoms with Gasteiger partial charge in [-0.1, -0.05) is 0 Å². The van der Waals surface area contributed by atoms with E-state index in [4.69, 9.17) is 0 Å². The molecule has 0 aliphatic carbocycles. The Bertz CT molecular complexity index is 382.